The summed E-state index contributed by atoms with van der Waals surface area (Å²) < 4.78 is 1.65. The maximum Gasteiger partial charge on any atom is 0.321 e. The number of imide groups is 1. The predicted molar refractivity (Wildman–Crippen MR) is 106 cm³/mol. The fourth-order valence-corrected chi connectivity index (χ4v) is 4.33. The smallest absolute Gasteiger partial charge is 0.321 e. The Morgan fingerprint density at radius 2 is 2.00 bits per heavy atom. The lowest BCUT2D eigenvalue weighted by Gasteiger charge is -2.11. The normalized spacial score (nSPS) is 10.9. The molecule has 3 amide bonds. The van der Waals surface area contributed by atoms with Gasteiger partial charge in [-0.25, -0.2) is 9.78 Å². The summed E-state index contributed by atoms with van der Waals surface area (Å²) in [5, 5.41) is 5.95. The third-order valence-electron chi connectivity index (χ3n) is 3.91. The Morgan fingerprint density at radius 1 is 1.27 bits per heavy atom. The summed E-state index contributed by atoms with van der Waals surface area (Å²) >= 11 is 2.66. The van der Waals surface area contributed by atoms with E-state index in [1.165, 1.54) is 23.1 Å². The number of thiophene rings is 1. The number of aromatic nitrogens is 2. The van der Waals surface area contributed by atoms with Gasteiger partial charge >= 0.3 is 6.03 Å². The molecule has 0 aromatic carbocycles. The maximum atomic E-state index is 12.9. The third-order valence-corrected chi connectivity index (χ3v) is 5.99. The van der Waals surface area contributed by atoms with E-state index >= 15 is 0 Å². The Bertz CT molecular complexity index is 873. The first-order chi connectivity index (χ1) is 12.4. The molecule has 2 aromatic rings. The highest BCUT2D eigenvalue weighted by molar-refractivity contribution is 7.99. The first-order valence-electron chi connectivity index (χ1n) is 8.60. The molecule has 0 saturated heterocycles. The molecule has 2 rings (SSSR count). The molecule has 0 unspecified atom stereocenters. The van der Waals surface area contributed by atoms with Crippen LogP contribution in [0.5, 0.6) is 0 Å². The van der Waals surface area contributed by atoms with Crippen molar-refractivity contribution in [3.63, 3.8) is 0 Å². The molecular weight excluding hydrogens is 372 g/mol. The molecule has 9 heteroatoms. The van der Waals surface area contributed by atoms with Crippen LogP contribution < -0.4 is 16.2 Å². The number of amides is 3. The summed E-state index contributed by atoms with van der Waals surface area (Å²) in [7, 11) is 0. The van der Waals surface area contributed by atoms with Crippen molar-refractivity contribution >= 4 is 45.3 Å². The van der Waals surface area contributed by atoms with Crippen molar-refractivity contribution in [2.75, 3.05) is 12.3 Å². The maximum absolute atomic E-state index is 12.9. The number of nitrogens with zero attached hydrogens (tertiary/aromatic N) is 2. The third kappa shape index (κ3) is 4.64. The van der Waals surface area contributed by atoms with Crippen molar-refractivity contribution in [1.29, 1.82) is 0 Å². The van der Waals surface area contributed by atoms with Crippen LogP contribution in [0.1, 0.15) is 37.1 Å². The van der Waals surface area contributed by atoms with E-state index in [0.29, 0.717) is 28.5 Å². The second kappa shape index (κ2) is 9.18. The molecule has 7 nitrogen and oxygen atoms in total. The van der Waals surface area contributed by atoms with Crippen LogP contribution in [0.2, 0.25) is 0 Å². The highest BCUT2D eigenvalue weighted by Crippen LogP contribution is 2.28. The molecular formula is C17H24N4O3S2. The standard InChI is InChI=1S/C17H24N4O3S2/c1-5-7-8-21-15(23)13-10(3)11(4)26-14(13)20-17(21)25-9-12(22)19-16(24)18-6-2/h5-9H2,1-4H3,(H2,18,19,22,24). The zero-order chi connectivity index (χ0) is 19.3. The molecule has 142 valence electrons. The molecule has 0 aliphatic heterocycles. The summed E-state index contributed by atoms with van der Waals surface area (Å²) in [6.07, 6.45) is 1.81. The van der Waals surface area contributed by atoms with Gasteiger partial charge in [0.1, 0.15) is 4.83 Å². The Balaban J connectivity index is 2.28. The second-order valence-corrected chi connectivity index (χ2v) is 8.01. The Kier molecular flexibility index (Phi) is 7.22. The molecule has 2 N–H and O–H groups in total. The van der Waals surface area contributed by atoms with E-state index in [9.17, 15) is 14.4 Å². The number of carbonyl (C=O) groups excluding carboxylic acids is 2. The molecule has 0 atom stereocenters. The topological polar surface area (TPSA) is 93.1 Å². The van der Waals surface area contributed by atoms with Crippen molar-refractivity contribution in [2.45, 2.75) is 52.2 Å². The fourth-order valence-electron chi connectivity index (χ4n) is 2.43. The minimum Gasteiger partial charge on any atom is -0.338 e. The summed E-state index contributed by atoms with van der Waals surface area (Å²) in [5.41, 5.74) is 0.912. The minimum atomic E-state index is -0.519. The van der Waals surface area contributed by atoms with E-state index in [4.69, 9.17) is 0 Å². The number of carbonyl (C=O) groups is 2. The number of unbranched alkanes of at least 4 members (excludes halogenated alkanes) is 1. The van der Waals surface area contributed by atoms with Crippen molar-refractivity contribution in [3.05, 3.63) is 20.8 Å². The van der Waals surface area contributed by atoms with E-state index in [2.05, 4.69) is 22.5 Å². The van der Waals surface area contributed by atoms with Gasteiger partial charge in [-0.05, 0) is 32.8 Å². The van der Waals surface area contributed by atoms with Crippen LogP contribution in [0.15, 0.2) is 9.95 Å². The van der Waals surface area contributed by atoms with Crippen molar-refractivity contribution in [3.8, 4) is 0 Å². The van der Waals surface area contributed by atoms with Gasteiger partial charge in [-0.3, -0.25) is 19.5 Å². The van der Waals surface area contributed by atoms with Gasteiger partial charge in [0.05, 0.1) is 11.1 Å². The van der Waals surface area contributed by atoms with Crippen LogP contribution in [-0.4, -0.2) is 33.8 Å². The van der Waals surface area contributed by atoms with E-state index < -0.39 is 11.9 Å². The average Bonchev–Trinajstić information content (AvgIpc) is 2.87. The van der Waals surface area contributed by atoms with Crippen LogP contribution in [0, 0.1) is 13.8 Å². The number of hydrogen-bond acceptors (Lipinski definition) is 6. The first kappa shape index (κ1) is 20.4. The molecule has 2 heterocycles. The molecule has 0 bridgehead atoms. The largest absolute Gasteiger partial charge is 0.338 e. The highest BCUT2D eigenvalue weighted by atomic mass is 32.2. The Labute approximate surface area is 160 Å². The molecule has 0 saturated carbocycles. The SMILES string of the molecule is CCCCn1c(SCC(=O)NC(=O)NCC)nc2sc(C)c(C)c2c1=O. The number of thioether (sulfide) groups is 1. The molecule has 26 heavy (non-hydrogen) atoms. The van der Waals surface area contributed by atoms with Gasteiger partial charge < -0.3 is 5.32 Å². The van der Waals surface area contributed by atoms with Gasteiger partial charge in [0, 0.05) is 18.0 Å². The minimum absolute atomic E-state index is 0.0184. The lowest BCUT2D eigenvalue weighted by molar-refractivity contribution is -0.117. The van der Waals surface area contributed by atoms with Crippen molar-refractivity contribution < 1.29 is 9.59 Å². The van der Waals surface area contributed by atoms with Crippen LogP contribution in [0.25, 0.3) is 10.2 Å². The highest BCUT2D eigenvalue weighted by Gasteiger charge is 2.17. The number of nitrogens with one attached hydrogen (secondary N) is 2. The molecule has 0 spiro atoms. The summed E-state index contributed by atoms with van der Waals surface area (Å²) in [4.78, 5) is 42.7. The molecule has 2 aromatic heterocycles. The summed E-state index contributed by atoms with van der Waals surface area (Å²) in [6, 6.07) is -0.519. The second-order valence-electron chi connectivity index (χ2n) is 5.86. The number of rotatable bonds is 7. The zero-order valence-corrected chi connectivity index (χ0v) is 17.1. The van der Waals surface area contributed by atoms with E-state index in [-0.39, 0.29) is 11.3 Å². The summed E-state index contributed by atoms with van der Waals surface area (Å²) in [5.74, 6) is -0.402. The number of aryl methyl sites for hydroxylation is 2. The van der Waals surface area contributed by atoms with E-state index in [1.807, 2.05) is 13.8 Å². The van der Waals surface area contributed by atoms with E-state index in [0.717, 1.165) is 23.3 Å². The van der Waals surface area contributed by atoms with Gasteiger partial charge in [-0.1, -0.05) is 25.1 Å². The van der Waals surface area contributed by atoms with Crippen LogP contribution in [0.3, 0.4) is 0 Å². The van der Waals surface area contributed by atoms with Crippen molar-refractivity contribution in [2.24, 2.45) is 0 Å². The molecule has 0 radical (unpaired) electrons. The number of urea groups is 1. The Morgan fingerprint density at radius 3 is 2.65 bits per heavy atom. The van der Waals surface area contributed by atoms with Gasteiger partial charge in [-0.2, -0.15) is 0 Å². The Hall–Kier alpha value is -1.87. The lowest BCUT2D eigenvalue weighted by atomic mass is 10.2. The predicted octanol–water partition coefficient (Wildman–Crippen LogP) is 2.81. The van der Waals surface area contributed by atoms with Gasteiger partial charge in [0.2, 0.25) is 5.91 Å². The molecule has 0 aliphatic carbocycles. The van der Waals surface area contributed by atoms with Gasteiger partial charge in [0.15, 0.2) is 5.16 Å². The van der Waals surface area contributed by atoms with Gasteiger partial charge in [-0.15, -0.1) is 11.3 Å². The monoisotopic (exact) mass is 396 g/mol. The zero-order valence-electron chi connectivity index (χ0n) is 15.5. The first-order valence-corrected chi connectivity index (χ1v) is 10.4. The van der Waals surface area contributed by atoms with Crippen LogP contribution in [-0.2, 0) is 11.3 Å². The fraction of sp³-hybridized carbons (Fsp3) is 0.529. The van der Waals surface area contributed by atoms with Crippen molar-refractivity contribution in [1.82, 2.24) is 20.2 Å². The van der Waals surface area contributed by atoms with Crippen LogP contribution >= 0.6 is 23.1 Å². The lowest BCUT2D eigenvalue weighted by Crippen LogP contribution is -2.40. The van der Waals surface area contributed by atoms with Crippen LogP contribution in [0.4, 0.5) is 4.79 Å². The summed E-state index contributed by atoms with van der Waals surface area (Å²) in [6.45, 7) is 8.75. The molecule has 0 aliphatic rings. The average molecular weight is 397 g/mol. The molecule has 0 fully saturated rings. The number of fused-ring (bicyclic) bond motifs is 1. The number of hydrogen-bond donors (Lipinski definition) is 2. The van der Waals surface area contributed by atoms with E-state index in [1.54, 1.807) is 11.5 Å². The van der Waals surface area contributed by atoms with Gasteiger partial charge in [0.25, 0.3) is 5.56 Å². The quantitative estimate of drug-likeness (QED) is 0.554.